The van der Waals surface area contributed by atoms with Crippen molar-refractivity contribution in [2.45, 2.75) is 18.6 Å². The van der Waals surface area contributed by atoms with E-state index in [2.05, 4.69) is 9.98 Å². The number of nitrogens with zero attached hydrogens (tertiary/aromatic N) is 4. The molecule has 2 unspecified atom stereocenters. The predicted octanol–water partition coefficient (Wildman–Crippen LogP) is 0.327. The smallest absolute Gasteiger partial charge is 0.350 e. The molecule has 1 aromatic heterocycles. The minimum absolute atomic E-state index is 0.119. The molecule has 1 aromatic rings. The summed E-state index contributed by atoms with van der Waals surface area (Å²) in [6.07, 6.45) is 6.79. The Labute approximate surface area is 105 Å². The third kappa shape index (κ3) is 2.84. The summed E-state index contributed by atoms with van der Waals surface area (Å²) in [6, 6.07) is 1.56. The normalized spacial score (nSPS) is 22.8. The highest BCUT2D eigenvalue weighted by Gasteiger charge is 2.19. The van der Waals surface area contributed by atoms with Crippen LogP contribution in [0.2, 0.25) is 0 Å². The average molecular weight is 248 g/mol. The minimum Gasteiger partial charge on any atom is -0.389 e. The van der Waals surface area contributed by atoms with Gasteiger partial charge in [-0.25, -0.2) is 9.79 Å². The quantitative estimate of drug-likeness (QED) is 0.475. The van der Waals surface area contributed by atoms with E-state index < -0.39 is 6.10 Å². The molecule has 2 atom stereocenters. The molecule has 0 bridgehead atoms. The van der Waals surface area contributed by atoms with Crippen LogP contribution in [0.15, 0.2) is 34.2 Å². The topological polar surface area (TPSA) is 70.7 Å². The van der Waals surface area contributed by atoms with Crippen molar-refractivity contribution in [1.29, 1.82) is 0 Å². The summed E-state index contributed by atoms with van der Waals surface area (Å²) in [7, 11) is 3.69. The molecule has 0 fully saturated rings. The number of aliphatic hydroxyl groups is 1. The fourth-order valence-corrected chi connectivity index (χ4v) is 1.77. The van der Waals surface area contributed by atoms with E-state index in [4.69, 9.17) is 0 Å². The van der Waals surface area contributed by atoms with E-state index in [0.29, 0.717) is 12.2 Å². The number of allylic oxidation sites excluding steroid dienone is 1. The third-order valence-electron chi connectivity index (χ3n) is 2.63. The molecule has 0 radical (unpaired) electrons. The van der Waals surface area contributed by atoms with Crippen LogP contribution in [0.3, 0.4) is 0 Å². The third-order valence-corrected chi connectivity index (χ3v) is 2.63. The van der Waals surface area contributed by atoms with Gasteiger partial charge in [-0.3, -0.25) is 4.57 Å². The van der Waals surface area contributed by atoms with Crippen molar-refractivity contribution in [2.24, 2.45) is 4.99 Å². The van der Waals surface area contributed by atoms with Gasteiger partial charge in [0.2, 0.25) is 0 Å². The lowest BCUT2D eigenvalue weighted by Crippen LogP contribution is -2.25. The second-order valence-corrected chi connectivity index (χ2v) is 4.44. The summed E-state index contributed by atoms with van der Waals surface area (Å²) in [5, 5.41) is 9.40. The lowest BCUT2D eigenvalue weighted by atomic mass is 10.2. The van der Waals surface area contributed by atoms with E-state index in [1.807, 2.05) is 20.2 Å². The zero-order valence-corrected chi connectivity index (χ0v) is 10.4. The maximum atomic E-state index is 11.8. The summed E-state index contributed by atoms with van der Waals surface area (Å²) in [5.74, 6) is 0.382. The highest BCUT2D eigenvalue weighted by molar-refractivity contribution is 5.58. The standard InChI is InChI=1S/C12H16N4O2/c1-15(2)8-13-11-5-6-16(12(18)14-11)9-3-4-10(17)7-9/h3-6,8-10,17H,7H2,1-2H3. The monoisotopic (exact) mass is 248 g/mol. The highest BCUT2D eigenvalue weighted by atomic mass is 16.3. The number of aliphatic hydroxyl groups excluding tert-OH is 1. The number of rotatable bonds is 3. The fraction of sp³-hybridized carbons (Fsp3) is 0.417. The Morgan fingerprint density at radius 3 is 2.89 bits per heavy atom. The van der Waals surface area contributed by atoms with Crippen LogP contribution in [0.5, 0.6) is 0 Å². The number of hydrogen-bond donors (Lipinski definition) is 1. The predicted molar refractivity (Wildman–Crippen MR) is 69.1 cm³/mol. The zero-order valence-electron chi connectivity index (χ0n) is 10.4. The van der Waals surface area contributed by atoms with Gasteiger partial charge in [0, 0.05) is 26.7 Å². The molecule has 0 aromatic carbocycles. The first-order valence-electron chi connectivity index (χ1n) is 5.72. The molecule has 18 heavy (non-hydrogen) atoms. The molecule has 0 spiro atoms. The number of aliphatic imine (C=N–C) groups is 1. The molecule has 6 heteroatoms. The summed E-state index contributed by atoms with van der Waals surface area (Å²) in [4.78, 5) is 21.5. The second kappa shape index (κ2) is 5.14. The molecule has 6 nitrogen and oxygen atoms in total. The lowest BCUT2D eigenvalue weighted by Gasteiger charge is -2.11. The summed E-state index contributed by atoms with van der Waals surface area (Å²) < 4.78 is 1.50. The van der Waals surface area contributed by atoms with E-state index in [9.17, 15) is 9.90 Å². The van der Waals surface area contributed by atoms with Crippen LogP contribution in [0.25, 0.3) is 0 Å². The van der Waals surface area contributed by atoms with Gasteiger partial charge in [0.15, 0.2) is 5.82 Å². The molecule has 0 saturated carbocycles. The molecular weight excluding hydrogens is 232 g/mol. The molecule has 1 aliphatic carbocycles. The summed E-state index contributed by atoms with van der Waals surface area (Å²) in [5.41, 5.74) is -0.354. The Kier molecular flexibility index (Phi) is 3.57. The second-order valence-electron chi connectivity index (χ2n) is 4.44. The van der Waals surface area contributed by atoms with Crippen molar-refractivity contribution >= 4 is 12.2 Å². The average Bonchev–Trinajstić information content (AvgIpc) is 2.73. The SMILES string of the molecule is CN(C)C=Nc1ccn(C2C=CC(O)C2)c(=O)n1. The van der Waals surface area contributed by atoms with Crippen LogP contribution >= 0.6 is 0 Å². The van der Waals surface area contributed by atoms with E-state index >= 15 is 0 Å². The lowest BCUT2D eigenvalue weighted by molar-refractivity contribution is 0.210. The maximum Gasteiger partial charge on any atom is 0.350 e. The molecule has 1 N–H and O–H groups in total. The van der Waals surface area contributed by atoms with Crippen molar-refractivity contribution in [3.8, 4) is 0 Å². The van der Waals surface area contributed by atoms with E-state index in [-0.39, 0.29) is 11.7 Å². The minimum atomic E-state index is -0.478. The summed E-state index contributed by atoms with van der Waals surface area (Å²) >= 11 is 0. The zero-order chi connectivity index (χ0) is 13.1. The van der Waals surface area contributed by atoms with Crippen molar-refractivity contribution in [1.82, 2.24) is 14.5 Å². The Bertz CT molecular complexity index is 533. The van der Waals surface area contributed by atoms with Crippen LogP contribution in [0.1, 0.15) is 12.5 Å². The van der Waals surface area contributed by atoms with Gasteiger partial charge in [-0.05, 0) is 6.07 Å². The van der Waals surface area contributed by atoms with Crippen molar-refractivity contribution in [2.75, 3.05) is 14.1 Å². The molecule has 0 aliphatic heterocycles. The van der Waals surface area contributed by atoms with Gasteiger partial charge < -0.3 is 10.0 Å². The molecule has 0 saturated heterocycles. The van der Waals surface area contributed by atoms with Crippen molar-refractivity contribution in [3.05, 3.63) is 34.9 Å². The van der Waals surface area contributed by atoms with E-state index in [1.165, 1.54) is 4.57 Å². The van der Waals surface area contributed by atoms with Crippen LogP contribution in [0.4, 0.5) is 5.82 Å². The van der Waals surface area contributed by atoms with Crippen molar-refractivity contribution < 1.29 is 5.11 Å². The Morgan fingerprint density at radius 1 is 1.56 bits per heavy atom. The molecule has 96 valence electrons. The highest BCUT2D eigenvalue weighted by Crippen LogP contribution is 2.21. The van der Waals surface area contributed by atoms with Gasteiger partial charge in [-0.15, -0.1) is 0 Å². The fourth-order valence-electron chi connectivity index (χ4n) is 1.77. The van der Waals surface area contributed by atoms with Crippen LogP contribution in [-0.4, -0.2) is 46.1 Å². The van der Waals surface area contributed by atoms with Crippen molar-refractivity contribution in [3.63, 3.8) is 0 Å². The first kappa shape index (κ1) is 12.5. The van der Waals surface area contributed by atoms with Crippen LogP contribution < -0.4 is 5.69 Å². The van der Waals surface area contributed by atoms with Gasteiger partial charge in [0.1, 0.15) is 0 Å². The largest absolute Gasteiger partial charge is 0.389 e. The number of hydrogen-bond acceptors (Lipinski definition) is 4. The van der Waals surface area contributed by atoms with Gasteiger partial charge in [-0.2, -0.15) is 4.98 Å². The molecule has 1 aliphatic rings. The Hall–Kier alpha value is -1.95. The number of aromatic nitrogens is 2. The van der Waals surface area contributed by atoms with E-state index in [1.54, 1.807) is 29.6 Å². The molecule has 0 amide bonds. The van der Waals surface area contributed by atoms with Crippen LogP contribution in [-0.2, 0) is 0 Å². The first-order chi connectivity index (χ1) is 8.56. The summed E-state index contributed by atoms with van der Waals surface area (Å²) in [6.45, 7) is 0. The molecule has 1 heterocycles. The first-order valence-corrected chi connectivity index (χ1v) is 5.72. The Morgan fingerprint density at radius 2 is 2.33 bits per heavy atom. The van der Waals surface area contributed by atoms with Gasteiger partial charge in [0.05, 0.1) is 18.5 Å². The van der Waals surface area contributed by atoms with Gasteiger partial charge >= 0.3 is 5.69 Å². The van der Waals surface area contributed by atoms with Crippen LogP contribution in [0, 0.1) is 0 Å². The molecular formula is C12H16N4O2. The van der Waals surface area contributed by atoms with E-state index in [0.717, 1.165) is 0 Å². The van der Waals surface area contributed by atoms with Gasteiger partial charge in [0.25, 0.3) is 0 Å². The Balaban J connectivity index is 2.21. The van der Waals surface area contributed by atoms with Gasteiger partial charge in [-0.1, -0.05) is 12.2 Å². The molecule has 2 rings (SSSR count). The maximum absolute atomic E-state index is 11.8.